The number of hydrogen-bond donors (Lipinski definition) is 1. The third-order valence-electron chi connectivity index (χ3n) is 2.70. The van der Waals surface area contributed by atoms with E-state index in [4.69, 9.17) is 28.5 Å². The Hall–Kier alpha value is -2.24. The Labute approximate surface area is 138 Å². The van der Waals surface area contributed by atoms with Crippen LogP contribution < -0.4 is 5.32 Å². The highest BCUT2D eigenvalue weighted by Gasteiger charge is 2.32. The number of nitrogens with one attached hydrogen (secondary N) is 1. The van der Waals surface area contributed by atoms with Crippen LogP contribution in [0, 0.1) is 11.3 Å². The number of rotatable bonds is 2. The summed E-state index contributed by atoms with van der Waals surface area (Å²) in [6.45, 7) is 1.23. The number of hydrogen-bond acceptors (Lipinski definition) is 3. The van der Waals surface area contributed by atoms with E-state index in [0.717, 1.165) is 4.68 Å². The Morgan fingerprint density at radius 2 is 1.91 bits per heavy atom. The zero-order chi connectivity index (χ0) is 17.4. The minimum atomic E-state index is -4.60. The van der Waals surface area contributed by atoms with Crippen molar-refractivity contribution in [1.82, 2.24) is 9.78 Å². The van der Waals surface area contributed by atoms with Gasteiger partial charge in [0.15, 0.2) is 5.69 Å². The molecule has 10 heteroatoms. The van der Waals surface area contributed by atoms with E-state index in [1.807, 2.05) is 0 Å². The van der Waals surface area contributed by atoms with Crippen molar-refractivity contribution in [3.05, 3.63) is 39.6 Å². The van der Waals surface area contributed by atoms with E-state index in [9.17, 15) is 18.0 Å². The number of anilines is 1. The van der Waals surface area contributed by atoms with Crippen LogP contribution in [0.4, 0.5) is 18.9 Å². The summed E-state index contributed by atoms with van der Waals surface area (Å²) in [5.74, 6) is -0.439. The van der Waals surface area contributed by atoms with Crippen molar-refractivity contribution < 1.29 is 18.0 Å². The minimum absolute atomic E-state index is 0.0329. The highest BCUT2D eigenvalue weighted by atomic mass is 35.5. The van der Waals surface area contributed by atoms with Crippen LogP contribution in [-0.2, 0) is 11.0 Å². The molecule has 1 aromatic carbocycles. The van der Waals surface area contributed by atoms with Crippen molar-refractivity contribution in [3.63, 3.8) is 0 Å². The molecule has 0 aliphatic carbocycles. The number of amides is 1. The number of benzene rings is 1. The molecular formula is C13H7Cl2F3N4O. The zero-order valence-electron chi connectivity index (χ0n) is 11.4. The van der Waals surface area contributed by atoms with Gasteiger partial charge in [0.05, 0.1) is 27.5 Å². The van der Waals surface area contributed by atoms with E-state index in [-0.39, 0.29) is 27.1 Å². The summed E-state index contributed by atoms with van der Waals surface area (Å²) in [6.07, 6.45) is -3.37. The molecule has 0 saturated heterocycles. The largest absolute Gasteiger partial charge is 0.416 e. The lowest BCUT2D eigenvalue weighted by Gasteiger charge is -2.12. The van der Waals surface area contributed by atoms with E-state index in [0.29, 0.717) is 12.1 Å². The topological polar surface area (TPSA) is 70.7 Å². The number of nitriles is 1. The fourth-order valence-electron chi connectivity index (χ4n) is 1.80. The van der Waals surface area contributed by atoms with Crippen LogP contribution >= 0.6 is 23.2 Å². The Bertz CT molecular complexity index is 801. The van der Waals surface area contributed by atoms with Crippen molar-refractivity contribution in [2.45, 2.75) is 13.1 Å². The molecule has 2 rings (SSSR count). The number of alkyl halides is 3. The van der Waals surface area contributed by atoms with E-state index in [1.54, 1.807) is 6.07 Å². The molecule has 1 amide bonds. The highest BCUT2D eigenvalue weighted by Crippen LogP contribution is 2.37. The fraction of sp³-hybridized carbons (Fsp3) is 0.154. The Morgan fingerprint density at radius 3 is 2.35 bits per heavy atom. The molecule has 120 valence electrons. The molecule has 0 fully saturated rings. The van der Waals surface area contributed by atoms with Crippen LogP contribution in [0.15, 0.2) is 18.3 Å². The molecule has 1 N–H and O–H groups in total. The Balaban J connectivity index is 2.57. The normalized spacial score (nSPS) is 11.2. The lowest BCUT2D eigenvalue weighted by molar-refractivity contribution is -0.137. The number of halogens is 5. The van der Waals surface area contributed by atoms with Crippen molar-refractivity contribution in [2.75, 3.05) is 5.32 Å². The second-order valence-corrected chi connectivity index (χ2v) is 5.23. The average Bonchev–Trinajstić information content (AvgIpc) is 2.78. The smallest absolute Gasteiger partial charge is 0.323 e. The second kappa shape index (κ2) is 6.10. The van der Waals surface area contributed by atoms with Gasteiger partial charge in [0.1, 0.15) is 11.8 Å². The summed E-state index contributed by atoms with van der Waals surface area (Å²) in [4.78, 5) is 11.1. The van der Waals surface area contributed by atoms with Gasteiger partial charge in [-0.05, 0) is 12.1 Å². The molecule has 23 heavy (non-hydrogen) atoms. The van der Waals surface area contributed by atoms with Gasteiger partial charge in [0, 0.05) is 6.92 Å². The van der Waals surface area contributed by atoms with Crippen molar-refractivity contribution >= 4 is 34.8 Å². The van der Waals surface area contributed by atoms with Gasteiger partial charge >= 0.3 is 6.18 Å². The van der Waals surface area contributed by atoms with E-state index in [1.165, 1.54) is 13.1 Å². The molecule has 0 aliphatic heterocycles. The molecule has 0 bridgehead atoms. The minimum Gasteiger partial charge on any atom is -0.323 e. The number of aromatic nitrogens is 2. The van der Waals surface area contributed by atoms with E-state index >= 15 is 0 Å². The quantitative estimate of drug-likeness (QED) is 0.876. The van der Waals surface area contributed by atoms with Gasteiger partial charge < -0.3 is 5.32 Å². The molecule has 0 saturated carbocycles. The second-order valence-electron chi connectivity index (χ2n) is 4.42. The van der Waals surface area contributed by atoms with Crippen LogP contribution in [0.5, 0.6) is 0 Å². The van der Waals surface area contributed by atoms with Gasteiger partial charge in [-0.25, -0.2) is 4.68 Å². The third kappa shape index (κ3) is 3.57. The van der Waals surface area contributed by atoms with Crippen LogP contribution in [-0.4, -0.2) is 15.7 Å². The summed E-state index contributed by atoms with van der Waals surface area (Å²) in [6, 6.07) is 3.16. The molecule has 2 aromatic rings. The molecule has 0 atom stereocenters. The van der Waals surface area contributed by atoms with Crippen LogP contribution in [0.25, 0.3) is 5.69 Å². The maximum absolute atomic E-state index is 12.7. The van der Waals surface area contributed by atoms with Gasteiger partial charge in [-0.2, -0.15) is 23.5 Å². The van der Waals surface area contributed by atoms with E-state index in [2.05, 4.69) is 10.4 Å². The number of carbonyl (C=O) groups excluding carboxylic acids is 1. The maximum Gasteiger partial charge on any atom is 0.416 e. The van der Waals surface area contributed by atoms with Gasteiger partial charge in [-0.3, -0.25) is 4.79 Å². The first-order valence-electron chi connectivity index (χ1n) is 5.97. The van der Waals surface area contributed by atoms with Gasteiger partial charge in [-0.1, -0.05) is 23.2 Å². The van der Waals surface area contributed by atoms with Crippen LogP contribution in [0.2, 0.25) is 10.0 Å². The molecule has 0 spiro atoms. The first-order chi connectivity index (χ1) is 10.6. The summed E-state index contributed by atoms with van der Waals surface area (Å²) in [5, 5.41) is 14.6. The predicted molar refractivity (Wildman–Crippen MR) is 77.6 cm³/mol. The molecule has 0 aliphatic rings. The van der Waals surface area contributed by atoms with Crippen LogP contribution in [0.1, 0.15) is 18.2 Å². The molecular weight excluding hydrogens is 356 g/mol. The van der Waals surface area contributed by atoms with Gasteiger partial charge in [-0.15, -0.1) is 0 Å². The SMILES string of the molecule is CC(=O)Nc1cn(-c2c(Cl)cc(C(F)(F)F)cc2Cl)nc1C#N. The standard InChI is InChI=1S/C13H7Cl2F3N4O/c1-6(23)20-11-5-22(21-10(11)4-19)12-8(14)2-7(3-9(12)15)13(16,17)18/h2-3,5H,1H3,(H,20,23). The Morgan fingerprint density at radius 1 is 1.35 bits per heavy atom. The number of nitrogens with zero attached hydrogens (tertiary/aromatic N) is 3. The summed E-state index contributed by atoms with van der Waals surface area (Å²) in [5.41, 5.74) is -1.08. The fourth-order valence-corrected chi connectivity index (χ4v) is 2.46. The summed E-state index contributed by atoms with van der Waals surface area (Å²) >= 11 is 11.7. The lowest BCUT2D eigenvalue weighted by Crippen LogP contribution is -2.07. The average molecular weight is 363 g/mol. The third-order valence-corrected chi connectivity index (χ3v) is 3.28. The monoisotopic (exact) mass is 362 g/mol. The lowest BCUT2D eigenvalue weighted by atomic mass is 10.2. The highest BCUT2D eigenvalue weighted by molar-refractivity contribution is 6.37. The number of carbonyl (C=O) groups is 1. The predicted octanol–water partition coefficient (Wildman–Crippen LogP) is 4.03. The first kappa shape index (κ1) is 17.1. The molecule has 1 aromatic heterocycles. The van der Waals surface area contributed by atoms with Gasteiger partial charge in [0.25, 0.3) is 0 Å². The van der Waals surface area contributed by atoms with Crippen LogP contribution in [0.3, 0.4) is 0 Å². The summed E-state index contributed by atoms with van der Waals surface area (Å²) in [7, 11) is 0. The van der Waals surface area contributed by atoms with Crippen molar-refractivity contribution in [3.8, 4) is 11.8 Å². The maximum atomic E-state index is 12.7. The van der Waals surface area contributed by atoms with E-state index < -0.39 is 17.6 Å². The molecule has 0 unspecified atom stereocenters. The van der Waals surface area contributed by atoms with Gasteiger partial charge in [0.2, 0.25) is 5.91 Å². The first-order valence-corrected chi connectivity index (χ1v) is 6.73. The molecule has 0 radical (unpaired) electrons. The van der Waals surface area contributed by atoms with Crippen molar-refractivity contribution in [1.29, 1.82) is 5.26 Å². The Kier molecular flexibility index (Phi) is 4.54. The molecule has 5 nitrogen and oxygen atoms in total. The molecule has 1 heterocycles. The van der Waals surface area contributed by atoms with Crippen molar-refractivity contribution in [2.24, 2.45) is 0 Å². The zero-order valence-corrected chi connectivity index (χ0v) is 12.9. The summed E-state index contributed by atoms with van der Waals surface area (Å²) < 4.78 is 39.2.